The zero-order chi connectivity index (χ0) is 13.2. The number of hydrogen-bond acceptors (Lipinski definition) is 4. The second kappa shape index (κ2) is 4.90. The Bertz CT molecular complexity index is 616. The molecule has 0 aliphatic carbocycles. The van der Waals surface area contributed by atoms with Gasteiger partial charge < -0.3 is 9.47 Å². The molecule has 5 nitrogen and oxygen atoms in total. The highest BCUT2D eigenvalue weighted by atomic mass is 15.2. The Kier molecular flexibility index (Phi) is 3.10. The zero-order valence-electron chi connectivity index (χ0n) is 11.0. The van der Waals surface area contributed by atoms with Crippen molar-refractivity contribution in [2.75, 3.05) is 25.5 Å². The van der Waals surface area contributed by atoms with E-state index in [1.165, 1.54) is 0 Å². The Morgan fingerprint density at radius 2 is 2.05 bits per heavy atom. The van der Waals surface area contributed by atoms with Crippen LogP contribution in [-0.2, 0) is 0 Å². The highest BCUT2D eigenvalue weighted by Gasteiger charge is 2.22. The molecule has 0 saturated carbocycles. The number of para-hydroxylation sites is 2. The lowest BCUT2D eigenvalue weighted by Gasteiger charge is -2.30. The fourth-order valence-electron chi connectivity index (χ4n) is 2.81. The Hall–Kier alpha value is -2.06. The lowest BCUT2D eigenvalue weighted by Crippen LogP contribution is -2.31. The average molecular weight is 255 g/mol. The van der Waals surface area contributed by atoms with Crippen LogP contribution in [0.15, 0.2) is 24.3 Å². The monoisotopic (exact) mass is 255 g/mol. The molecule has 0 amide bonds. The second-order valence-electron chi connectivity index (χ2n) is 5.07. The van der Waals surface area contributed by atoms with E-state index in [2.05, 4.69) is 32.9 Å². The number of nitrogens with zero attached hydrogens (tertiary/aromatic N) is 4. The number of fused-ring (bicyclic) bond motifs is 1. The molecule has 1 aromatic carbocycles. The zero-order valence-corrected chi connectivity index (χ0v) is 11.0. The first-order valence-electron chi connectivity index (χ1n) is 6.60. The van der Waals surface area contributed by atoms with Gasteiger partial charge in [0.25, 0.3) is 0 Å². The third-order valence-electron chi connectivity index (χ3n) is 3.82. The van der Waals surface area contributed by atoms with Crippen molar-refractivity contribution in [2.45, 2.75) is 18.9 Å². The third kappa shape index (κ3) is 2.15. The van der Waals surface area contributed by atoms with Gasteiger partial charge in [0.05, 0.1) is 11.0 Å². The van der Waals surface area contributed by atoms with Gasteiger partial charge in [0.2, 0.25) is 5.95 Å². The maximum absolute atomic E-state index is 8.89. The van der Waals surface area contributed by atoms with Crippen LogP contribution < -0.4 is 5.32 Å². The number of hydrogen-bond donors (Lipinski definition) is 1. The quantitative estimate of drug-likeness (QED) is 0.660. The van der Waals surface area contributed by atoms with Crippen molar-refractivity contribution in [3.8, 4) is 6.19 Å². The summed E-state index contributed by atoms with van der Waals surface area (Å²) < 4.78 is 2.19. The van der Waals surface area contributed by atoms with Crippen molar-refractivity contribution in [3.05, 3.63) is 24.3 Å². The summed E-state index contributed by atoms with van der Waals surface area (Å²) in [7, 11) is 2.15. The lowest BCUT2D eigenvalue weighted by atomic mass is 10.1. The Labute approximate surface area is 112 Å². The first-order chi connectivity index (χ1) is 9.29. The van der Waals surface area contributed by atoms with Crippen LogP contribution in [-0.4, -0.2) is 34.6 Å². The van der Waals surface area contributed by atoms with Crippen LogP contribution in [0.25, 0.3) is 11.0 Å². The van der Waals surface area contributed by atoms with E-state index in [1.54, 1.807) is 0 Å². The Morgan fingerprint density at radius 1 is 1.32 bits per heavy atom. The molecule has 1 fully saturated rings. The minimum atomic E-state index is 0.416. The number of imidazole rings is 1. The van der Waals surface area contributed by atoms with Crippen molar-refractivity contribution in [1.82, 2.24) is 14.5 Å². The number of rotatable bonds is 2. The molecule has 1 N–H and O–H groups in total. The van der Waals surface area contributed by atoms with Crippen molar-refractivity contribution >= 4 is 17.0 Å². The lowest BCUT2D eigenvalue weighted by molar-refractivity contribution is 0.225. The summed E-state index contributed by atoms with van der Waals surface area (Å²) in [4.78, 5) is 6.85. The fourth-order valence-corrected chi connectivity index (χ4v) is 2.81. The summed E-state index contributed by atoms with van der Waals surface area (Å²) in [6.45, 7) is 2.17. The van der Waals surface area contributed by atoms with Crippen LogP contribution in [0, 0.1) is 11.5 Å². The molecule has 1 aliphatic rings. The van der Waals surface area contributed by atoms with Crippen molar-refractivity contribution in [1.29, 1.82) is 5.26 Å². The smallest absolute Gasteiger partial charge is 0.217 e. The molecule has 0 atom stereocenters. The van der Waals surface area contributed by atoms with Crippen molar-refractivity contribution in [3.63, 3.8) is 0 Å². The van der Waals surface area contributed by atoms with E-state index in [4.69, 9.17) is 5.26 Å². The predicted molar refractivity (Wildman–Crippen MR) is 74.7 cm³/mol. The summed E-state index contributed by atoms with van der Waals surface area (Å²) in [5.41, 5.74) is 2.05. The van der Waals surface area contributed by atoms with Crippen LogP contribution in [0.1, 0.15) is 18.9 Å². The molecule has 0 unspecified atom stereocenters. The summed E-state index contributed by atoms with van der Waals surface area (Å²) in [6, 6.07) is 8.47. The van der Waals surface area contributed by atoms with Crippen molar-refractivity contribution < 1.29 is 0 Å². The molecule has 0 bridgehead atoms. The number of aromatic nitrogens is 2. The van der Waals surface area contributed by atoms with E-state index in [-0.39, 0.29) is 0 Å². The Balaban J connectivity index is 2.05. The Morgan fingerprint density at radius 3 is 2.79 bits per heavy atom. The summed E-state index contributed by atoms with van der Waals surface area (Å²) in [5.74, 6) is 0.665. The standard InChI is InChI=1S/C14H17N5/c1-18-8-6-11(7-9-18)19-13-5-3-2-4-12(13)17-14(19)16-10-15/h2-5,11H,6-9H2,1H3,(H,16,17). The van der Waals surface area contributed by atoms with Gasteiger partial charge in [-0.3, -0.25) is 5.32 Å². The number of nitrogens with one attached hydrogen (secondary N) is 1. The number of piperidine rings is 1. The normalized spacial score (nSPS) is 17.5. The van der Waals surface area contributed by atoms with E-state index in [0.29, 0.717) is 12.0 Å². The van der Waals surface area contributed by atoms with E-state index >= 15 is 0 Å². The van der Waals surface area contributed by atoms with Gasteiger partial charge in [0, 0.05) is 6.04 Å². The van der Waals surface area contributed by atoms with Gasteiger partial charge in [-0.1, -0.05) is 12.1 Å². The molecule has 2 aromatic rings. The van der Waals surface area contributed by atoms with Crippen molar-refractivity contribution in [2.24, 2.45) is 0 Å². The highest BCUT2D eigenvalue weighted by Crippen LogP contribution is 2.30. The highest BCUT2D eigenvalue weighted by molar-refractivity contribution is 5.79. The van der Waals surface area contributed by atoms with E-state index in [9.17, 15) is 0 Å². The van der Waals surface area contributed by atoms with Crippen LogP contribution in [0.5, 0.6) is 0 Å². The van der Waals surface area contributed by atoms with Gasteiger partial charge >= 0.3 is 0 Å². The van der Waals surface area contributed by atoms with Crippen LogP contribution in [0.2, 0.25) is 0 Å². The van der Waals surface area contributed by atoms with Gasteiger partial charge in [-0.2, -0.15) is 5.26 Å². The first-order valence-corrected chi connectivity index (χ1v) is 6.60. The molecule has 19 heavy (non-hydrogen) atoms. The molecule has 0 radical (unpaired) electrons. The fraction of sp³-hybridized carbons (Fsp3) is 0.429. The summed E-state index contributed by atoms with van der Waals surface area (Å²) in [6.07, 6.45) is 4.18. The number of benzene rings is 1. The molecule has 0 spiro atoms. The largest absolute Gasteiger partial charge is 0.306 e. The number of anilines is 1. The van der Waals surface area contributed by atoms with Crippen LogP contribution in [0.4, 0.5) is 5.95 Å². The summed E-state index contributed by atoms with van der Waals surface area (Å²) in [5, 5.41) is 11.6. The molecule has 1 aromatic heterocycles. The predicted octanol–water partition coefficient (Wildman–Crippen LogP) is 2.20. The van der Waals surface area contributed by atoms with Gasteiger partial charge in [-0.15, -0.1) is 0 Å². The minimum absolute atomic E-state index is 0.416. The van der Waals surface area contributed by atoms with Crippen LogP contribution in [0.3, 0.4) is 0 Å². The summed E-state index contributed by atoms with van der Waals surface area (Å²) >= 11 is 0. The van der Waals surface area contributed by atoms with Gasteiger partial charge in [0.1, 0.15) is 0 Å². The molecule has 1 saturated heterocycles. The average Bonchev–Trinajstić information content (AvgIpc) is 2.78. The number of likely N-dealkylation sites (tertiary alicyclic amines) is 1. The molecule has 2 heterocycles. The number of nitriles is 1. The van der Waals surface area contributed by atoms with E-state index in [1.807, 2.05) is 24.4 Å². The SMILES string of the molecule is CN1CCC(n2c(NC#N)nc3ccccc32)CC1. The molecular formula is C14H17N5. The van der Waals surface area contributed by atoms with Gasteiger partial charge in [0.15, 0.2) is 6.19 Å². The minimum Gasteiger partial charge on any atom is -0.306 e. The second-order valence-corrected chi connectivity index (χ2v) is 5.07. The van der Waals surface area contributed by atoms with Gasteiger partial charge in [-0.05, 0) is 45.1 Å². The molecule has 98 valence electrons. The van der Waals surface area contributed by atoms with Gasteiger partial charge in [-0.25, -0.2) is 4.98 Å². The van der Waals surface area contributed by atoms with Crippen LogP contribution >= 0.6 is 0 Å². The third-order valence-corrected chi connectivity index (χ3v) is 3.82. The topological polar surface area (TPSA) is 56.9 Å². The maximum Gasteiger partial charge on any atom is 0.217 e. The van der Waals surface area contributed by atoms with E-state index < -0.39 is 0 Å². The first kappa shape index (κ1) is 12.0. The molecule has 5 heteroatoms. The maximum atomic E-state index is 8.89. The molecule has 1 aliphatic heterocycles. The van der Waals surface area contributed by atoms with E-state index in [0.717, 1.165) is 37.0 Å². The molecular weight excluding hydrogens is 238 g/mol. The molecule has 3 rings (SSSR count).